The zero-order valence-corrected chi connectivity index (χ0v) is 15.3. The first kappa shape index (κ1) is 21.0. The van der Waals surface area contributed by atoms with E-state index in [2.05, 4.69) is 6.07 Å². The predicted molar refractivity (Wildman–Crippen MR) is 94.3 cm³/mol. The summed E-state index contributed by atoms with van der Waals surface area (Å²) in [6.07, 6.45) is 1.22. The maximum atomic E-state index is 11.3. The molecule has 2 N–H and O–H groups in total. The highest BCUT2D eigenvalue weighted by atomic mass is 35.5. The zero-order valence-electron chi connectivity index (χ0n) is 14.4. The number of methoxy groups -OCH3 is 1. The number of hydrogen-bond donors (Lipinski definition) is 2. The van der Waals surface area contributed by atoms with Gasteiger partial charge in [-0.3, -0.25) is 14.9 Å². The standard InChI is InChI=1S/C17H23N3O4.ClH/c1-3-24-15-10-13(4-5-14(15)23-2)17(12-18)6-8-20(9-7-17)11-16(21)19-22;/h4-5,10,22H,3,6-9,11H2,1-2H3,(H,19,21);1H. The van der Waals surface area contributed by atoms with Crippen LogP contribution in [0.4, 0.5) is 0 Å². The van der Waals surface area contributed by atoms with Crippen molar-refractivity contribution in [1.29, 1.82) is 5.26 Å². The first-order chi connectivity index (χ1) is 11.6. The van der Waals surface area contributed by atoms with Crippen molar-refractivity contribution in [3.8, 4) is 17.6 Å². The van der Waals surface area contributed by atoms with Gasteiger partial charge >= 0.3 is 0 Å². The van der Waals surface area contributed by atoms with Crippen molar-refractivity contribution in [3.63, 3.8) is 0 Å². The van der Waals surface area contributed by atoms with Gasteiger partial charge < -0.3 is 9.47 Å². The van der Waals surface area contributed by atoms with E-state index in [1.807, 2.05) is 30.0 Å². The number of amides is 1. The molecule has 1 aliphatic heterocycles. The van der Waals surface area contributed by atoms with Crippen LogP contribution in [0.15, 0.2) is 18.2 Å². The average Bonchev–Trinajstić information content (AvgIpc) is 2.62. The number of halogens is 1. The molecule has 0 atom stereocenters. The van der Waals surface area contributed by atoms with Gasteiger partial charge in [0.05, 0.1) is 31.7 Å². The van der Waals surface area contributed by atoms with Gasteiger partial charge in [0, 0.05) is 13.1 Å². The summed E-state index contributed by atoms with van der Waals surface area (Å²) in [5.41, 5.74) is 1.93. The normalized spacial score (nSPS) is 16.2. The van der Waals surface area contributed by atoms with Gasteiger partial charge in [-0.1, -0.05) is 6.07 Å². The zero-order chi connectivity index (χ0) is 17.6. The number of likely N-dealkylation sites (tertiary alicyclic amines) is 1. The van der Waals surface area contributed by atoms with Crippen LogP contribution in [-0.4, -0.2) is 49.4 Å². The minimum Gasteiger partial charge on any atom is -0.493 e. The molecule has 0 spiro atoms. The molecule has 1 amide bonds. The summed E-state index contributed by atoms with van der Waals surface area (Å²) in [5, 5.41) is 18.4. The van der Waals surface area contributed by atoms with E-state index in [0.29, 0.717) is 44.0 Å². The summed E-state index contributed by atoms with van der Waals surface area (Å²) in [6, 6.07) is 8.06. The van der Waals surface area contributed by atoms with E-state index in [0.717, 1.165) is 5.56 Å². The van der Waals surface area contributed by atoms with E-state index < -0.39 is 11.3 Å². The van der Waals surface area contributed by atoms with E-state index in [4.69, 9.17) is 14.7 Å². The molecule has 0 unspecified atom stereocenters. The number of ether oxygens (including phenoxy) is 2. The first-order valence-electron chi connectivity index (χ1n) is 7.96. The lowest BCUT2D eigenvalue weighted by atomic mass is 9.74. The lowest BCUT2D eigenvalue weighted by molar-refractivity contribution is -0.130. The van der Waals surface area contributed by atoms with Crippen LogP contribution in [0, 0.1) is 11.3 Å². The van der Waals surface area contributed by atoms with Gasteiger partial charge in [0.2, 0.25) is 0 Å². The molecular formula is C17H24ClN3O4. The van der Waals surface area contributed by atoms with Crippen molar-refractivity contribution < 1.29 is 19.5 Å². The Morgan fingerprint density at radius 2 is 2.08 bits per heavy atom. The smallest absolute Gasteiger partial charge is 0.257 e. The molecule has 1 saturated heterocycles. The number of nitrogens with zero attached hydrogens (tertiary/aromatic N) is 2. The second kappa shape index (κ2) is 9.47. The van der Waals surface area contributed by atoms with Gasteiger partial charge in [0.15, 0.2) is 11.5 Å². The van der Waals surface area contributed by atoms with Crippen LogP contribution >= 0.6 is 12.4 Å². The largest absolute Gasteiger partial charge is 0.493 e. The van der Waals surface area contributed by atoms with Crippen molar-refractivity contribution >= 4 is 18.3 Å². The third-order valence-corrected chi connectivity index (χ3v) is 4.43. The fourth-order valence-electron chi connectivity index (χ4n) is 3.04. The van der Waals surface area contributed by atoms with Crippen molar-refractivity contribution in [2.45, 2.75) is 25.2 Å². The Balaban J connectivity index is 0.00000312. The molecule has 0 aliphatic carbocycles. The molecule has 1 aromatic carbocycles. The van der Waals surface area contributed by atoms with Gasteiger partial charge in [-0.2, -0.15) is 5.26 Å². The maximum absolute atomic E-state index is 11.3. The summed E-state index contributed by atoms with van der Waals surface area (Å²) in [6.45, 7) is 3.76. The molecule has 1 heterocycles. The molecule has 8 heteroatoms. The topological polar surface area (TPSA) is 94.8 Å². The fourth-order valence-corrected chi connectivity index (χ4v) is 3.04. The van der Waals surface area contributed by atoms with Crippen LogP contribution in [0.1, 0.15) is 25.3 Å². The fraction of sp³-hybridized carbons (Fsp3) is 0.529. The lowest BCUT2D eigenvalue weighted by Crippen LogP contribution is -2.45. The SMILES string of the molecule is CCOc1cc(C2(C#N)CCN(CC(=O)NO)CC2)ccc1OC.Cl. The summed E-state index contributed by atoms with van der Waals surface area (Å²) in [5.74, 6) is 0.836. The van der Waals surface area contributed by atoms with E-state index in [9.17, 15) is 10.1 Å². The Hall–Kier alpha value is -2.01. The number of rotatable bonds is 6. The highest BCUT2D eigenvalue weighted by Crippen LogP contribution is 2.39. The van der Waals surface area contributed by atoms with Crippen LogP contribution in [-0.2, 0) is 10.2 Å². The van der Waals surface area contributed by atoms with Gasteiger partial charge in [-0.05, 0) is 37.5 Å². The molecule has 25 heavy (non-hydrogen) atoms. The number of benzene rings is 1. The molecule has 2 rings (SSSR count). The molecule has 0 saturated carbocycles. The average molecular weight is 370 g/mol. The molecule has 7 nitrogen and oxygen atoms in total. The van der Waals surface area contributed by atoms with Crippen LogP contribution < -0.4 is 15.0 Å². The summed E-state index contributed by atoms with van der Waals surface area (Å²) in [4.78, 5) is 13.2. The Morgan fingerprint density at radius 1 is 1.40 bits per heavy atom. The quantitative estimate of drug-likeness (QED) is 0.587. The monoisotopic (exact) mass is 369 g/mol. The molecule has 0 aromatic heterocycles. The summed E-state index contributed by atoms with van der Waals surface area (Å²) >= 11 is 0. The minimum atomic E-state index is -0.607. The van der Waals surface area contributed by atoms with E-state index in [1.165, 1.54) is 0 Å². The number of hydroxylamine groups is 1. The number of carbonyl (C=O) groups is 1. The Labute approximate surface area is 153 Å². The number of nitriles is 1. The highest BCUT2D eigenvalue weighted by molar-refractivity contribution is 5.85. The van der Waals surface area contributed by atoms with Crippen molar-refractivity contribution in [2.24, 2.45) is 0 Å². The summed E-state index contributed by atoms with van der Waals surface area (Å²) < 4.78 is 10.9. The van der Waals surface area contributed by atoms with Crippen molar-refractivity contribution in [3.05, 3.63) is 23.8 Å². The molecule has 0 bridgehead atoms. The Kier molecular flexibility index (Phi) is 7.97. The number of piperidine rings is 1. The maximum Gasteiger partial charge on any atom is 0.257 e. The van der Waals surface area contributed by atoms with Gasteiger partial charge in [-0.25, -0.2) is 5.48 Å². The van der Waals surface area contributed by atoms with E-state index in [1.54, 1.807) is 12.6 Å². The minimum absolute atomic E-state index is 0. The summed E-state index contributed by atoms with van der Waals surface area (Å²) in [7, 11) is 1.59. The third-order valence-electron chi connectivity index (χ3n) is 4.43. The highest BCUT2D eigenvalue weighted by Gasteiger charge is 2.37. The molecule has 1 aliphatic rings. The molecule has 0 radical (unpaired) electrons. The molecule has 1 aromatic rings. The van der Waals surface area contributed by atoms with Crippen molar-refractivity contribution in [2.75, 3.05) is 33.4 Å². The third kappa shape index (κ3) is 4.75. The second-order valence-corrected chi connectivity index (χ2v) is 5.80. The predicted octanol–water partition coefficient (Wildman–Crippen LogP) is 1.88. The second-order valence-electron chi connectivity index (χ2n) is 5.80. The van der Waals surface area contributed by atoms with Crippen LogP contribution in [0.3, 0.4) is 0 Å². The number of carbonyl (C=O) groups excluding carboxylic acids is 1. The molecular weight excluding hydrogens is 346 g/mol. The van der Waals surface area contributed by atoms with Gasteiger partial charge in [0.1, 0.15) is 0 Å². The van der Waals surface area contributed by atoms with E-state index in [-0.39, 0.29) is 19.0 Å². The van der Waals surface area contributed by atoms with Gasteiger partial charge in [-0.15, -0.1) is 12.4 Å². The Bertz CT molecular complexity index is 625. The van der Waals surface area contributed by atoms with E-state index >= 15 is 0 Å². The van der Waals surface area contributed by atoms with Crippen molar-refractivity contribution in [1.82, 2.24) is 10.4 Å². The van der Waals surface area contributed by atoms with Crippen LogP contribution in [0.5, 0.6) is 11.5 Å². The first-order valence-corrected chi connectivity index (χ1v) is 7.96. The number of nitrogens with one attached hydrogen (secondary N) is 1. The van der Waals surface area contributed by atoms with Crippen LogP contribution in [0.2, 0.25) is 0 Å². The van der Waals surface area contributed by atoms with Gasteiger partial charge in [0.25, 0.3) is 5.91 Å². The lowest BCUT2D eigenvalue weighted by Gasteiger charge is -2.37. The molecule has 1 fully saturated rings. The molecule has 138 valence electrons. The van der Waals surface area contributed by atoms with Crippen LogP contribution in [0.25, 0.3) is 0 Å². The number of hydrogen-bond acceptors (Lipinski definition) is 6. The Morgan fingerprint density at radius 3 is 2.60 bits per heavy atom.